The van der Waals surface area contributed by atoms with Crippen molar-refractivity contribution < 1.29 is 28.6 Å². The molecule has 0 bridgehead atoms. The van der Waals surface area contributed by atoms with Crippen LogP contribution in [-0.2, 0) is 16.2 Å². The Morgan fingerprint density at radius 1 is 0.949 bits per heavy atom. The number of hydrogen-bond acceptors (Lipinski definition) is 6. The van der Waals surface area contributed by atoms with Gasteiger partial charge in [-0.3, -0.25) is 14.9 Å². The summed E-state index contributed by atoms with van der Waals surface area (Å²) in [6, 6.07) is 15.9. The molecular weight excluding hydrogens is 543 g/mol. The predicted octanol–water partition coefficient (Wildman–Crippen LogP) is 6.20. The second kappa shape index (κ2) is 12.5. The summed E-state index contributed by atoms with van der Waals surface area (Å²) in [7, 11) is 0. The average Bonchev–Trinajstić information content (AvgIpc) is 2.91. The first-order valence-corrected chi connectivity index (χ1v) is 12.7. The van der Waals surface area contributed by atoms with E-state index in [1.165, 1.54) is 12.1 Å². The summed E-state index contributed by atoms with van der Waals surface area (Å²) in [4.78, 5) is 39.4. The van der Waals surface area contributed by atoms with Crippen molar-refractivity contribution in [1.29, 1.82) is 0 Å². The lowest BCUT2D eigenvalue weighted by atomic mass is 10.1. The Hall–Kier alpha value is -4.27. The Kier molecular flexibility index (Phi) is 8.91. The number of nitrogens with zero attached hydrogens (tertiary/aromatic N) is 1. The first kappa shape index (κ1) is 27.8. The number of halogens is 2. The Morgan fingerprint density at radius 2 is 1.69 bits per heavy atom. The Labute approximate surface area is 235 Å². The van der Waals surface area contributed by atoms with E-state index in [4.69, 9.17) is 37.4 Å². The maximum absolute atomic E-state index is 13.3. The van der Waals surface area contributed by atoms with Gasteiger partial charge in [0.05, 0.1) is 17.3 Å². The molecule has 0 spiro atoms. The summed E-state index contributed by atoms with van der Waals surface area (Å²) < 4.78 is 17.0. The van der Waals surface area contributed by atoms with E-state index < -0.39 is 17.8 Å². The van der Waals surface area contributed by atoms with Crippen LogP contribution in [0.25, 0.3) is 6.08 Å². The molecule has 8 nitrogen and oxygen atoms in total. The van der Waals surface area contributed by atoms with Gasteiger partial charge < -0.3 is 14.2 Å². The van der Waals surface area contributed by atoms with E-state index in [0.717, 1.165) is 10.5 Å². The highest BCUT2D eigenvalue weighted by Crippen LogP contribution is 2.37. The SMILES string of the molecule is C=CCOc1c(Cl)cc(/C=C2\C(=O)NC(=O)N(c3ccc(OCc4ccccc4Cl)cc3)C2=O)cc1OCC. The largest absolute Gasteiger partial charge is 0.490 e. The van der Waals surface area contributed by atoms with E-state index in [9.17, 15) is 14.4 Å². The molecule has 0 atom stereocenters. The molecule has 0 aromatic heterocycles. The minimum atomic E-state index is -0.868. The van der Waals surface area contributed by atoms with Gasteiger partial charge in [0.25, 0.3) is 11.8 Å². The van der Waals surface area contributed by atoms with Crippen LogP contribution < -0.4 is 24.4 Å². The maximum atomic E-state index is 13.3. The van der Waals surface area contributed by atoms with Crippen LogP contribution in [0.4, 0.5) is 10.5 Å². The molecule has 1 heterocycles. The van der Waals surface area contributed by atoms with Gasteiger partial charge in [-0.15, -0.1) is 0 Å². The molecule has 10 heteroatoms. The van der Waals surface area contributed by atoms with Gasteiger partial charge in [-0.2, -0.15) is 0 Å². The molecule has 0 aliphatic carbocycles. The first-order valence-electron chi connectivity index (χ1n) is 11.9. The third kappa shape index (κ3) is 6.42. The van der Waals surface area contributed by atoms with Gasteiger partial charge in [0, 0.05) is 10.6 Å². The van der Waals surface area contributed by atoms with E-state index in [2.05, 4.69) is 11.9 Å². The van der Waals surface area contributed by atoms with E-state index in [-0.39, 0.29) is 29.5 Å². The molecule has 1 aliphatic rings. The summed E-state index contributed by atoms with van der Waals surface area (Å²) in [5, 5.41) is 3.01. The molecule has 200 valence electrons. The number of hydrogen-bond donors (Lipinski definition) is 1. The van der Waals surface area contributed by atoms with Crippen LogP contribution in [0.2, 0.25) is 10.0 Å². The lowest BCUT2D eigenvalue weighted by molar-refractivity contribution is -0.122. The number of nitrogens with one attached hydrogen (secondary N) is 1. The molecule has 1 N–H and O–H groups in total. The second-order valence-electron chi connectivity index (χ2n) is 8.19. The zero-order chi connectivity index (χ0) is 27.9. The number of amides is 4. The lowest BCUT2D eigenvalue weighted by Gasteiger charge is -2.26. The van der Waals surface area contributed by atoms with Gasteiger partial charge >= 0.3 is 6.03 Å². The molecule has 1 aliphatic heterocycles. The van der Waals surface area contributed by atoms with Crippen LogP contribution in [0.3, 0.4) is 0 Å². The van der Waals surface area contributed by atoms with Gasteiger partial charge in [-0.05, 0) is 61.0 Å². The van der Waals surface area contributed by atoms with Crippen LogP contribution in [0.1, 0.15) is 18.1 Å². The van der Waals surface area contributed by atoms with Gasteiger partial charge in [0.1, 0.15) is 24.5 Å². The van der Waals surface area contributed by atoms with Gasteiger partial charge in [0.15, 0.2) is 11.5 Å². The number of imide groups is 2. The summed E-state index contributed by atoms with van der Waals surface area (Å²) >= 11 is 12.6. The zero-order valence-corrected chi connectivity index (χ0v) is 22.4. The summed E-state index contributed by atoms with van der Waals surface area (Å²) in [6.07, 6.45) is 2.90. The Balaban J connectivity index is 1.57. The highest BCUT2D eigenvalue weighted by Gasteiger charge is 2.37. The molecule has 1 saturated heterocycles. The maximum Gasteiger partial charge on any atom is 0.335 e. The van der Waals surface area contributed by atoms with Gasteiger partial charge in [-0.1, -0.05) is 54.1 Å². The van der Waals surface area contributed by atoms with Crippen LogP contribution in [-0.4, -0.2) is 31.1 Å². The summed E-state index contributed by atoms with van der Waals surface area (Å²) in [5.74, 6) is -0.472. The molecule has 3 aromatic rings. The number of carbonyl (C=O) groups excluding carboxylic acids is 3. The predicted molar refractivity (Wildman–Crippen MR) is 150 cm³/mol. The van der Waals surface area contributed by atoms with Crippen LogP contribution in [0.5, 0.6) is 17.2 Å². The molecular formula is C29H24Cl2N2O6. The number of carbonyl (C=O) groups is 3. The van der Waals surface area contributed by atoms with E-state index in [0.29, 0.717) is 34.4 Å². The topological polar surface area (TPSA) is 94.2 Å². The lowest BCUT2D eigenvalue weighted by Crippen LogP contribution is -2.54. The van der Waals surface area contributed by atoms with E-state index in [1.54, 1.807) is 49.4 Å². The van der Waals surface area contributed by atoms with Crippen molar-refractivity contribution in [2.45, 2.75) is 13.5 Å². The molecule has 0 saturated carbocycles. The Morgan fingerprint density at radius 3 is 2.38 bits per heavy atom. The number of urea groups is 1. The van der Waals surface area contributed by atoms with Crippen LogP contribution >= 0.6 is 23.2 Å². The highest BCUT2D eigenvalue weighted by atomic mass is 35.5. The minimum Gasteiger partial charge on any atom is -0.490 e. The van der Waals surface area contributed by atoms with Crippen molar-refractivity contribution >= 4 is 52.8 Å². The smallest absolute Gasteiger partial charge is 0.335 e. The number of anilines is 1. The molecule has 0 unspecified atom stereocenters. The average molecular weight is 567 g/mol. The van der Waals surface area contributed by atoms with Crippen molar-refractivity contribution in [3.8, 4) is 17.2 Å². The van der Waals surface area contributed by atoms with Crippen molar-refractivity contribution in [3.05, 3.63) is 100 Å². The quantitative estimate of drug-likeness (QED) is 0.178. The van der Waals surface area contributed by atoms with Crippen molar-refractivity contribution in [2.24, 2.45) is 0 Å². The second-order valence-corrected chi connectivity index (χ2v) is 9.01. The molecule has 4 amide bonds. The monoisotopic (exact) mass is 566 g/mol. The summed E-state index contributed by atoms with van der Waals surface area (Å²) in [5.41, 5.74) is 1.22. The minimum absolute atomic E-state index is 0.210. The normalized spacial score (nSPS) is 14.3. The van der Waals surface area contributed by atoms with Gasteiger partial charge in [0.2, 0.25) is 0 Å². The number of benzene rings is 3. The fraction of sp³-hybridized carbons (Fsp3) is 0.138. The number of barbiturate groups is 1. The van der Waals surface area contributed by atoms with Crippen molar-refractivity contribution in [1.82, 2.24) is 5.32 Å². The number of rotatable bonds is 10. The highest BCUT2D eigenvalue weighted by molar-refractivity contribution is 6.39. The first-order chi connectivity index (χ1) is 18.8. The van der Waals surface area contributed by atoms with Gasteiger partial charge in [-0.25, -0.2) is 9.69 Å². The van der Waals surface area contributed by atoms with Crippen molar-refractivity contribution in [2.75, 3.05) is 18.1 Å². The Bertz CT molecular complexity index is 1450. The molecule has 3 aromatic carbocycles. The fourth-order valence-electron chi connectivity index (χ4n) is 3.74. The summed E-state index contributed by atoms with van der Waals surface area (Å²) in [6.45, 7) is 6.20. The molecule has 4 rings (SSSR count). The van der Waals surface area contributed by atoms with Crippen molar-refractivity contribution in [3.63, 3.8) is 0 Å². The van der Waals surface area contributed by atoms with E-state index in [1.807, 2.05) is 18.2 Å². The zero-order valence-electron chi connectivity index (χ0n) is 20.9. The van der Waals surface area contributed by atoms with Crippen LogP contribution in [0, 0.1) is 0 Å². The molecule has 39 heavy (non-hydrogen) atoms. The van der Waals surface area contributed by atoms with Crippen LogP contribution in [0.15, 0.2) is 78.9 Å². The standard InChI is InChI=1S/C29H24Cl2N2O6/c1-3-13-38-26-24(31)15-18(16-25(26)37-4-2)14-22-27(34)32-29(36)33(28(22)35)20-9-11-21(12-10-20)39-17-19-7-5-6-8-23(19)30/h3,5-12,14-16H,1,4,13,17H2,2H3,(H,32,34,36)/b22-14+. The fourth-order valence-corrected chi connectivity index (χ4v) is 4.21. The third-order valence-corrected chi connectivity index (χ3v) is 6.19. The number of ether oxygens (including phenoxy) is 3. The third-order valence-electron chi connectivity index (χ3n) is 5.54. The van der Waals surface area contributed by atoms with E-state index >= 15 is 0 Å². The molecule has 1 fully saturated rings. The molecule has 0 radical (unpaired) electrons.